The molecule has 5 rings (SSSR count). The van der Waals surface area contributed by atoms with Gasteiger partial charge in [-0.2, -0.15) is 8.42 Å². The number of amidine groups is 1. The molecule has 0 fully saturated rings. The van der Waals surface area contributed by atoms with Gasteiger partial charge in [-0.3, -0.25) is 14.7 Å². The van der Waals surface area contributed by atoms with Gasteiger partial charge in [-0.1, -0.05) is 30.3 Å². The van der Waals surface area contributed by atoms with Crippen molar-refractivity contribution < 1.29 is 32.0 Å². The summed E-state index contributed by atoms with van der Waals surface area (Å²) in [7, 11) is -0.397. The van der Waals surface area contributed by atoms with Gasteiger partial charge in [-0.05, 0) is 59.5 Å². The molecule has 0 spiro atoms. The molecule has 0 saturated carbocycles. The lowest BCUT2D eigenvalue weighted by molar-refractivity contribution is -0.134. The summed E-state index contributed by atoms with van der Waals surface area (Å²) in [5.74, 6) is 1.93. The highest BCUT2D eigenvalue weighted by atomic mass is 32.2. The smallest absolute Gasteiger partial charge is 0.306 e. The van der Waals surface area contributed by atoms with Gasteiger partial charge in [0, 0.05) is 25.6 Å². The average Bonchev–Trinajstić information content (AvgIpc) is 3.25. The Labute approximate surface area is 239 Å². The molecule has 0 amide bonds. The van der Waals surface area contributed by atoms with E-state index in [0.717, 1.165) is 47.7 Å². The molecule has 2 aliphatic heterocycles. The Morgan fingerprint density at radius 3 is 2.32 bits per heavy atom. The number of fused-ring (bicyclic) bond motifs is 1. The van der Waals surface area contributed by atoms with E-state index in [1.807, 2.05) is 41.3 Å². The Morgan fingerprint density at radius 2 is 1.68 bits per heavy atom. The summed E-state index contributed by atoms with van der Waals surface area (Å²) in [4.78, 5) is 20.8. The first-order chi connectivity index (χ1) is 19.5. The molecule has 0 saturated heterocycles. The van der Waals surface area contributed by atoms with Gasteiger partial charge >= 0.3 is 10.1 Å². The summed E-state index contributed by atoms with van der Waals surface area (Å²) in [6.07, 6.45) is 1.88. The van der Waals surface area contributed by atoms with Crippen molar-refractivity contribution in [1.29, 1.82) is 0 Å². The van der Waals surface area contributed by atoms with E-state index in [4.69, 9.17) is 39.3 Å². The first-order valence-electron chi connectivity index (χ1n) is 12.7. The van der Waals surface area contributed by atoms with Crippen LogP contribution < -0.4 is 19.4 Å². The SMILES string of the molecule is CC(=O)O.COc1ccc(OC)c(-c2cccc(C3(c4ccc(OS(C)(=O)=O)cc4)N=C(N)N4CCCN=C43)c2)c1. The molecule has 3 aromatic rings. The van der Waals surface area contributed by atoms with Crippen LogP contribution in [0.15, 0.2) is 76.7 Å². The second-order valence-electron chi connectivity index (χ2n) is 9.37. The first-order valence-corrected chi connectivity index (χ1v) is 14.5. The largest absolute Gasteiger partial charge is 0.497 e. The highest BCUT2D eigenvalue weighted by Crippen LogP contribution is 2.44. The van der Waals surface area contributed by atoms with Crippen LogP contribution in [0.4, 0.5) is 0 Å². The van der Waals surface area contributed by atoms with Crippen molar-refractivity contribution in [2.45, 2.75) is 18.9 Å². The number of hydrogen-bond donors (Lipinski definition) is 2. The zero-order valence-electron chi connectivity index (χ0n) is 23.2. The number of rotatable bonds is 7. The number of carbonyl (C=O) groups is 1. The fraction of sp³-hybridized carbons (Fsp3) is 0.276. The topological polar surface area (TPSA) is 153 Å². The number of aliphatic carboxylic acids is 1. The van der Waals surface area contributed by atoms with Crippen molar-refractivity contribution in [1.82, 2.24) is 4.90 Å². The number of carboxylic acids is 1. The van der Waals surface area contributed by atoms with Gasteiger partial charge in [0.2, 0.25) is 0 Å². The minimum Gasteiger partial charge on any atom is -0.497 e. The number of carboxylic acid groups (broad SMARTS) is 1. The standard InChI is InChI=1S/C27H28N4O5S.C2H4O2/c1-34-22-12-13-24(35-2)23(17-22)18-6-4-7-20(16-18)27(25-29-14-5-15-31(25)26(28)30-27)19-8-10-21(11-9-19)36-37(3,32)33;1-2(3)4/h4,6-13,16-17H,5,14-15H2,1-3H3,(H2,28,30);1H3,(H,3,4). The molecule has 0 aromatic heterocycles. The minimum atomic E-state index is -3.65. The molecule has 12 heteroatoms. The van der Waals surface area contributed by atoms with Crippen LogP contribution in [0.3, 0.4) is 0 Å². The van der Waals surface area contributed by atoms with Gasteiger partial charge < -0.3 is 24.5 Å². The predicted molar refractivity (Wildman–Crippen MR) is 156 cm³/mol. The molecular weight excluding hydrogens is 548 g/mol. The Hall–Kier alpha value is -4.58. The Balaban J connectivity index is 0.000000909. The van der Waals surface area contributed by atoms with Crippen molar-refractivity contribution in [3.63, 3.8) is 0 Å². The van der Waals surface area contributed by atoms with Crippen LogP contribution in [0.25, 0.3) is 11.1 Å². The minimum absolute atomic E-state index is 0.216. The third kappa shape index (κ3) is 6.27. The number of nitrogens with two attached hydrogens (primary N) is 1. The van der Waals surface area contributed by atoms with Gasteiger partial charge in [0.05, 0.1) is 20.5 Å². The van der Waals surface area contributed by atoms with Crippen LogP contribution in [0.2, 0.25) is 0 Å². The summed E-state index contributed by atoms with van der Waals surface area (Å²) in [6, 6.07) is 20.5. The lowest BCUT2D eigenvalue weighted by Gasteiger charge is -2.33. The van der Waals surface area contributed by atoms with Crippen LogP contribution in [-0.4, -0.2) is 69.8 Å². The van der Waals surface area contributed by atoms with E-state index in [-0.39, 0.29) is 5.75 Å². The van der Waals surface area contributed by atoms with Gasteiger partial charge in [0.15, 0.2) is 11.5 Å². The third-order valence-electron chi connectivity index (χ3n) is 6.46. The van der Waals surface area contributed by atoms with Crippen LogP contribution >= 0.6 is 0 Å². The molecule has 2 heterocycles. The fourth-order valence-corrected chi connectivity index (χ4v) is 5.31. The quantitative estimate of drug-likeness (QED) is 0.400. The molecular formula is C29H32N4O7S. The number of hydrogen-bond acceptors (Lipinski definition) is 10. The van der Waals surface area contributed by atoms with Crippen molar-refractivity contribution in [2.24, 2.45) is 15.7 Å². The maximum absolute atomic E-state index is 11.6. The molecule has 3 N–H and O–H groups in total. The zero-order valence-corrected chi connectivity index (χ0v) is 24.0. The van der Waals surface area contributed by atoms with E-state index in [1.165, 1.54) is 0 Å². The highest BCUT2D eigenvalue weighted by Gasteiger charge is 2.49. The van der Waals surface area contributed by atoms with E-state index in [2.05, 4.69) is 6.07 Å². The van der Waals surface area contributed by atoms with E-state index in [9.17, 15) is 8.42 Å². The number of nitrogens with zero attached hydrogens (tertiary/aromatic N) is 3. The van der Waals surface area contributed by atoms with E-state index >= 15 is 0 Å². The number of benzene rings is 3. The van der Waals surface area contributed by atoms with Crippen molar-refractivity contribution in [2.75, 3.05) is 33.6 Å². The van der Waals surface area contributed by atoms with Gasteiger partial charge in [-0.15, -0.1) is 0 Å². The molecule has 0 radical (unpaired) electrons. The maximum atomic E-state index is 11.6. The van der Waals surface area contributed by atoms with E-state index < -0.39 is 21.6 Å². The summed E-state index contributed by atoms with van der Waals surface area (Å²) >= 11 is 0. The normalized spacial score (nSPS) is 17.8. The molecule has 0 aliphatic carbocycles. The first kappa shape index (κ1) is 29.4. The van der Waals surface area contributed by atoms with E-state index in [1.54, 1.807) is 38.5 Å². The van der Waals surface area contributed by atoms with Gasteiger partial charge in [0.1, 0.15) is 23.1 Å². The molecule has 41 heavy (non-hydrogen) atoms. The Kier molecular flexibility index (Phi) is 8.52. The monoisotopic (exact) mass is 580 g/mol. The lowest BCUT2D eigenvalue weighted by atomic mass is 9.81. The average molecular weight is 581 g/mol. The van der Waals surface area contributed by atoms with Crippen LogP contribution in [-0.2, 0) is 20.5 Å². The number of aliphatic imine (C=N–C) groups is 2. The van der Waals surface area contributed by atoms with Crippen molar-refractivity contribution >= 4 is 27.9 Å². The van der Waals surface area contributed by atoms with Crippen LogP contribution in [0.5, 0.6) is 17.2 Å². The molecule has 0 bridgehead atoms. The van der Waals surface area contributed by atoms with Crippen LogP contribution in [0, 0.1) is 0 Å². The Bertz CT molecular complexity index is 1600. The summed E-state index contributed by atoms with van der Waals surface area (Å²) in [6.45, 7) is 2.46. The van der Waals surface area contributed by atoms with Crippen LogP contribution in [0.1, 0.15) is 24.5 Å². The predicted octanol–water partition coefficient (Wildman–Crippen LogP) is 3.48. The van der Waals surface area contributed by atoms with Crippen molar-refractivity contribution in [3.05, 3.63) is 77.9 Å². The second kappa shape index (κ2) is 11.9. The van der Waals surface area contributed by atoms with Crippen molar-refractivity contribution in [3.8, 4) is 28.4 Å². The van der Waals surface area contributed by atoms with E-state index in [0.29, 0.717) is 30.5 Å². The fourth-order valence-electron chi connectivity index (χ4n) is 4.85. The molecule has 3 aromatic carbocycles. The maximum Gasteiger partial charge on any atom is 0.306 e. The zero-order chi connectivity index (χ0) is 29.8. The van der Waals surface area contributed by atoms with Gasteiger partial charge in [-0.25, -0.2) is 4.99 Å². The number of guanidine groups is 1. The summed E-state index contributed by atoms with van der Waals surface area (Å²) < 4.78 is 39.4. The van der Waals surface area contributed by atoms with Gasteiger partial charge in [0.25, 0.3) is 5.97 Å². The molecule has 1 unspecified atom stereocenters. The lowest BCUT2D eigenvalue weighted by Crippen LogP contribution is -2.46. The second-order valence-corrected chi connectivity index (χ2v) is 10.9. The summed E-state index contributed by atoms with van der Waals surface area (Å²) in [5.41, 5.74) is 8.85. The Morgan fingerprint density at radius 1 is 1.00 bits per heavy atom. The summed E-state index contributed by atoms with van der Waals surface area (Å²) in [5, 5.41) is 7.42. The highest BCUT2D eigenvalue weighted by molar-refractivity contribution is 7.86. The molecule has 2 aliphatic rings. The third-order valence-corrected chi connectivity index (χ3v) is 6.95. The number of ether oxygens (including phenoxy) is 2. The molecule has 1 atom stereocenters. The molecule has 11 nitrogen and oxygen atoms in total. The molecule has 216 valence electrons. The number of methoxy groups -OCH3 is 2.